The molecule has 4 heterocycles. The van der Waals surface area contributed by atoms with E-state index in [9.17, 15) is 8.42 Å². The van der Waals surface area contributed by atoms with Crippen LogP contribution >= 0.6 is 0 Å². The first-order valence-corrected chi connectivity index (χ1v) is 11.1. The molecule has 0 unspecified atom stereocenters. The number of ether oxygens (including phenoxy) is 1. The predicted octanol–water partition coefficient (Wildman–Crippen LogP) is 1.58. The Hall–Kier alpha value is -3.19. The second-order valence-corrected chi connectivity index (χ2v) is 8.34. The molecule has 0 saturated carbocycles. The second-order valence-electron chi connectivity index (χ2n) is 7.11. The van der Waals surface area contributed by atoms with Gasteiger partial charge in [0.1, 0.15) is 23.8 Å². The molecule has 0 spiro atoms. The van der Waals surface area contributed by atoms with Gasteiger partial charge in [-0.05, 0) is 31.0 Å². The lowest BCUT2D eigenvalue weighted by molar-refractivity contribution is -0.0149. The van der Waals surface area contributed by atoms with Crippen LogP contribution in [0.4, 0.5) is 0 Å². The van der Waals surface area contributed by atoms with E-state index in [0.29, 0.717) is 29.7 Å². The highest BCUT2D eigenvalue weighted by Gasteiger charge is 2.29. The topological polar surface area (TPSA) is 140 Å². The Labute approximate surface area is 177 Å². The number of imidazole rings is 1. The van der Waals surface area contributed by atoms with Crippen molar-refractivity contribution in [3.05, 3.63) is 55.4 Å². The molecule has 2 N–H and O–H groups in total. The van der Waals surface area contributed by atoms with Crippen LogP contribution in [-0.4, -0.2) is 50.4 Å². The summed E-state index contributed by atoms with van der Waals surface area (Å²) in [4.78, 5) is 13.4. The lowest BCUT2D eigenvalue weighted by Crippen LogP contribution is -2.23. The molecule has 1 saturated heterocycles. The van der Waals surface area contributed by atoms with Crippen LogP contribution in [0.5, 0.6) is 0 Å². The first-order chi connectivity index (χ1) is 15.0. The molecule has 1 aliphatic heterocycles. The van der Waals surface area contributed by atoms with Gasteiger partial charge < -0.3 is 4.74 Å². The van der Waals surface area contributed by atoms with E-state index >= 15 is 0 Å². The molecule has 160 valence electrons. The number of nitrogens with two attached hydrogens (primary N) is 1. The van der Waals surface area contributed by atoms with Gasteiger partial charge in [0.05, 0.1) is 24.7 Å². The SMILES string of the molecule is NS(=O)(=O)OC[C@@H]1CC[C@H](n2cnc3c(-c4cccc(-n5cccn5)c4)ncnc32)O1. The smallest absolute Gasteiger partial charge is 0.333 e. The van der Waals surface area contributed by atoms with Crippen LogP contribution in [0.2, 0.25) is 0 Å². The number of hydrogen-bond acceptors (Lipinski definition) is 8. The summed E-state index contributed by atoms with van der Waals surface area (Å²) in [6, 6.07) is 9.71. The predicted molar refractivity (Wildman–Crippen MR) is 110 cm³/mol. The van der Waals surface area contributed by atoms with E-state index in [0.717, 1.165) is 11.3 Å². The summed E-state index contributed by atoms with van der Waals surface area (Å²) in [6.07, 6.45) is 7.32. The van der Waals surface area contributed by atoms with E-state index in [1.54, 1.807) is 17.2 Å². The summed E-state index contributed by atoms with van der Waals surface area (Å²) in [5.74, 6) is 0. The summed E-state index contributed by atoms with van der Waals surface area (Å²) in [7, 11) is -4.00. The van der Waals surface area contributed by atoms with E-state index in [1.165, 1.54) is 6.33 Å². The van der Waals surface area contributed by atoms with Gasteiger partial charge in [0.15, 0.2) is 5.65 Å². The molecule has 1 fully saturated rings. The molecule has 0 radical (unpaired) electrons. The lowest BCUT2D eigenvalue weighted by atomic mass is 10.1. The third kappa shape index (κ3) is 4.05. The van der Waals surface area contributed by atoms with Gasteiger partial charge in [-0.2, -0.15) is 13.5 Å². The number of aromatic nitrogens is 6. The molecule has 3 aromatic heterocycles. The molecule has 31 heavy (non-hydrogen) atoms. The van der Waals surface area contributed by atoms with Gasteiger partial charge >= 0.3 is 10.3 Å². The van der Waals surface area contributed by atoms with E-state index in [1.807, 2.05) is 41.1 Å². The maximum absolute atomic E-state index is 11.0. The quantitative estimate of drug-likeness (QED) is 0.475. The zero-order valence-electron chi connectivity index (χ0n) is 16.3. The van der Waals surface area contributed by atoms with Crippen LogP contribution in [0, 0.1) is 0 Å². The average Bonchev–Trinajstić information content (AvgIpc) is 3.52. The van der Waals surface area contributed by atoms with E-state index in [2.05, 4.69) is 24.2 Å². The lowest BCUT2D eigenvalue weighted by Gasteiger charge is -2.15. The van der Waals surface area contributed by atoms with Gasteiger partial charge in [0.25, 0.3) is 0 Å². The molecule has 4 aromatic rings. The third-order valence-electron chi connectivity index (χ3n) is 5.06. The fraction of sp³-hybridized carbons (Fsp3) is 0.263. The van der Waals surface area contributed by atoms with Crippen LogP contribution in [0.1, 0.15) is 19.1 Å². The van der Waals surface area contributed by atoms with Crippen molar-refractivity contribution in [1.29, 1.82) is 0 Å². The van der Waals surface area contributed by atoms with Crippen molar-refractivity contribution in [2.24, 2.45) is 5.14 Å². The second kappa shape index (κ2) is 7.81. The number of nitrogens with zero attached hydrogens (tertiary/aromatic N) is 6. The maximum atomic E-state index is 11.0. The minimum Gasteiger partial charge on any atom is -0.352 e. The van der Waals surface area contributed by atoms with E-state index in [-0.39, 0.29) is 18.9 Å². The summed E-state index contributed by atoms with van der Waals surface area (Å²) in [5, 5.41) is 9.16. The molecule has 2 atom stereocenters. The number of fused-ring (bicyclic) bond motifs is 1. The van der Waals surface area contributed by atoms with Crippen LogP contribution in [0.3, 0.4) is 0 Å². The maximum Gasteiger partial charge on any atom is 0.333 e. The van der Waals surface area contributed by atoms with Crippen molar-refractivity contribution in [2.75, 3.05) is 6.61 Å². The highest BCUT2D eigenvalue weighted by atomic mass is 32.2. The van der Waals surface area contributed by atoms with Crippen LogP contribution < -0.4 is 5.14 Å². The Morgan fingerprint density at radius 3 is 2.90 bits per heavy atom. The number of benzene rings is 1. The minimum absolute atomic E-state index is 0.123. The van der Waals surface area contributed by atoms with Crippen molar-refractivity contribution in [3.8, 4) is 16.9 Å². The highest BCUT2D eigenvalue weighted by molar-refractivity contribution is 7.84. The standard InChI is InChI=1S/C19H19N7O4S/c20-31(27,28)29-10-15-5-6-16(30-15)25-12-23-18-17(21-11-22-19(18)25)13-3-1-4-14(9-13)26-8-2-7-24-26/h1-4,7-9,11-12,15-16H,5-6,10H2,(H2,20,27,28)/t15-,16+/m0/s1. The molecular weight excluding hydrogens is 422 g/mol. The Morgan fingerprint density at radius 1 is 1.19 bits per heavy atom. The molecular formula is C19H19N7O4S. The Morgan fingerprint density at radius 2 is 2.10 bits per heavy atom. The fourth-order valence-corrected chi connectivity index (χ4v) is 4.02. The first kappa shape index (κ1) is 19.8. The largest absolute Gasteiger partial charge is 0.352 e. The normalized spacial score (nSPS) is 19.3. The molecule has 11 nitrogen and oxygen atoms in total. The Balaban J connectivity index is 1.43. The van der Waals surface area contributed by atoms with Gasteiger partial charge in [-0.15, -0.1) is 0 Å². The molecule has 0 amide bonds. The minimum atomic E-state index is -4.00. The third-order valence-corrected chi connectivity index (χ3v) is 5.53. The highest BCUT2D eigenvalue weighted by Crippen LogP contribution is 2.32. The summed E-state index contributed by atoms with van der Waals surface area (Å²) in [6.45, 7) is -0.123. The molecule has 1 aliphatic rings. The van der Waals surface area contributed by atoms with Crippen LogP contribution in [0.15, 0.2) is 55.4 Å². The summed E-state index contributed by atoms with van der Waals surface area (Å²) < 4.78 is 36.2. The molecule has 5 rings (SSSR count). The molecule has 0 aliphatic carbocycles. The van der Waals surface area contributed by atoms with Gasteiger partial charge in [-0.3, -0.25) is 8.75 Å². The van der Waals surface area contributed by atoms with Gasteiger partial charge in [-0.25, -0.2) is 24.8 Å². The summed E-state index contributed by atoms with van der Waals surface area (Å²) in [5.41, 5.74) is 3.77. The zero-order valence-corrected chi connectivity index (χ0v) is 17.1. The Bertz CT molecular complexity index is 1320. The van der Waals surface area contributed by atoms with Crippen molar-refractivity contribution < 1.29 is 17.3 Å². The molecule has 0 bridgehead atoms. The molecule has 12 heteroatoms. The zero-order chi connectivity index (χ0) is 21.4. The van der Waals surface area contributed by atoms with Crippen molar-refractivity contribution in [3.63, 3.8) is 0 Å². The van der Waals surface area contributed by atoms with Gasteiger partial charge in [0.2, 0.25) is 0 Å². The fourth-order valence-electron chi connectivity index (χ4n) is 3.68. The first-order valence-electron chi connectivity index (χ1n) is 9.58. The van der Waals surface area contributed by atoms with Gasteiger partial charge in [0, 0.05) is 18.0 Å². The average molecular weight is 441 g/mol. The number of rotatable bonds is 6. The van der Waals surface area contributed by atoms with Crippen molar-refractivity contribution in [1.82, 2.24) is 29.3 Å². The van der Waals surface area contributed by atoms with Crippen molar-refractivity contribution in [2.45, 2.75) is 25.2 Å². The van der Waals surface area contributed by atoms with Crippen LogP contribution in [-0.2, 0) is 19.2 Å². The summed E-state index contributed by atoms with van der Waals surface area (Å²) >= 11 is 0. The Kier molecular flexibility index (Phi) is 4.98. The number of hydrogen-bond donors (Lipinski definition) is 1. The van der Waals surface area contributed by atoms with E-state index in [4.69, 9.17) is 9.88 Å². The van der Waals surface area contributed by atoms with Crippen molar-refractivity contribution >= 4 is 21.5 Å². The monoisotopic (exact) mass is 441 g/mol. The van der Waals surface area contributed by atoms with E-state index < -0.39 is 10.3 Å². The van der Waals surface area contributed by atoms with Gasteiger partial charge in [-0.1, -0.05) is 12.1 Å². The van der Waals surface area contributed by atoms with Crippen LogP contribution in [0.25, 0.3) is 28.1 Å². The molecule has 1 aromatic carbocycles.